The molecule has 0 bridgehead atoms. The van der Waals surface area contributed by atoms with E-state index in [0.717, 1.165) is 5.69 Å². The molecule has 1 aromatic carbocycles. The predicted molar refractivity (Wildman–Crippen MR) is 61.2 cm³/mol. The average Bonchev–Trinajstić information content (AvgIpc) is 2.25. The van der Waals surface area contributed by atoms with Gasteiger partial charge in [0.1, 0.15) is 5.82 Å². The van der Waals surface area contributed by atoms with Crippen molar-refractivity contribution in [2.45, 2.75) is 0 Å². The highest BCUT2D eigenvalue weighted by Gasteiger charge is 1.96. The highest BCUT2D eigenvalue weighted by Crippen LogP contribution is 2.17. The number of hydrogen-bond donors (Lipinski definition) is 2. The van der Waals surface area contributed by atoms with E-state index in [4.69, 9.17) is 17.3 Å². The Labute approximate surface area is 92.1 Å². The number of hydrogen-bond acceptors (Lipinski definition) is 4. The minimum absolute atomic E-state index is 0.400. The Bertz CT molecular complexity index is 394. The topological polar surface area (TPSA) is 63.8 Å². The van der Waals surface area contributed by atoms with Gasteiger partial charge in [-0.1, -0.05) is 11.6 Å². The summed E-state index contributed by atoms with van der Waals surface area (Å²) >= 11 is 5.76. The minimum Gasteiger partial charge on any atom is -0.382 e. The van der Waals surface area contributed by atoms with Gasteiger partial charge in [-0.05, 0) is 36.4 Å². The number of nitrogen functional groups attached to an aromatic ring is 1. The molecule has 1 heterocycles. The SMILES string of the molecule is Nc1ccc(Nc2ccc(Cl)cc2)nn1. The Morgan fingerprint density at radius 3 is 2.33 bits per heavy atom. The molecule has 0 radical (unpaired) electrons. The van der Waals surface area contributed by atoms with Gasteiger partial charge in [0.25, 0.3) is 0 Å². The van der Waals surface area contributed by atoms with Gasteiger partial charge < -0.3 is 11.1 Å². The molecular weight excluding hydrogens is 212 g/mol. The maximum Gasteiger partial charge on any atom is 0.153 e. The van der Waals surface area contributed by atoms with Crippen molar-refractivity contribution in [3.05, 3.63) is 41.4 Å². The number of aromatic nitrogens is 2. The molecule has 0 saturated carbocycles. The molecule has 0 aliphatic carbocycles. The van der Waals surface area contributed by atoms with Crippen molar-refractivity contribution >= 4 is 28.9 Å². The lowest BCUT2D eigenvalue weighted by Gasteiger charge is -2.04. The van der Waals surface area contributed by atoms with Crippen LogP contribution in [-0.4, -0.2) is 10.2 Å². The highest BCUT2D eigenvalue weighted by molar-refractivity contribution is 6.30. The largest absolute Gasteiger partial charge is 0.382 e. The van der Waals surface area contributed by atoms with E-state index in [1.54, 1.807) is 24.3 Å². The first kappa shape index (κ1) is 9.73. The number of rotatable bonds is 2. The van der Waals surface area contributed by atoms with Gasteiger partial charge in [-0.3, -0.25) is 0 Å². The predicted octanol–water partition coefficient (Wildman–Crippen LogP) is 2.46. The Kier molecular flexibility index (Phi) is 2.69. The molecule has 0 amide bonds. The number of halogens is 1. The Hall–Kier alpha value is -1.81. The van der Waals surface area contributed by atoms with E-state index >= 15 is 0 Å². The van der Waals surface area contributed by atoms with Crippen molar-refractivity contribution in [2.24, 2.45) is 0 Å². The van der Waals surface area contributed by atoms with Crippen molar-refractivity contribution in [1.82, 2.24) is 10.2 Å². The zero-order chi connectivity index (χ0) is 10.7. The van der Waals surface area contributed by atoms with E-state index in [1.165, 1.54) is 0 Å². The third-order valence-electron chi connectivity index (χ3n) is 1.80. The number of nitrogens with two attached hydrogens (primary N) is 1. The summed E-state index contributed by atoms with van der Waals surface area (Å²) in [5.74, 6) is 1.04. The van der Waals surface area contributed by atoms with E-state index in [-0.39, 0.29) is 0 Å². The molecule has 0 aliphatic heterocycles. The molecule has 2 rings (SSSR count). The van der Waals surface area contributed by atoms with E-state index in [2.05, 4.69) is 15.5 Å². The second kappa shape index (κ2) is 4.14. The summed E-state index contributed by atoms with van der Waals surface area (Å²) in [6.07, 6.45) is 0. The van der Waals surface area contributed by atoms with Gasteiger partial charge in [-0.15, -0.1) is 10.2 Å². The molecule has 3 N–H and O–H groups in total. The van der Waals surface area contributed by atoms with Crippen molar-refractivity contribution in [3.63, 3.8) is 0 Å². The number of anilines is 3. The summed E-state index contributed by atoms with van der Waals surface area (Å²) in [6.45, 7) is 0. The fourth-order valence-electron chi connectivity index (χ4n) is 1.09. The molecule has 0 aliphatic rings. The van der Waals surface area contributed by atoms with Gasteiger partial charge in [0.15, 0.2) is 5.82 Å². The van der Waals surface area contributed by atoms with Crippen LogP contribution in [0.5, 0.6) is 0 Å². The Balaban J connectivity index is 2.15. The van der Waals surface area contributed by atoms with Crippen LogP contribution in [0.2, 0.25) is 5.02 Å². The van der Waals surface area contributed by atoms with E-state index in [0.29, 0.717) is 16.7 Å². The molecule has 1 aromatic heterocycles. The molecule has 15 heavy (non-hydrogen) atoms. The van der Waals surface area contributed by atoms with Crippen molar-refractivity contribution in [1.29, 1.82) is 0 Å². The summed E-state index contributed by atoms with van der Waals surface area (Å²) in [7, 11) is 0. The number of nitrogens with zero attached hydrogens (tertiary/aromatic N) is 2. The van der Waals surface area contributed by atoms with Crippen LogP contribution in [0.3, 0.4) is 0 Å². The van der Waals surface area contributed by atoms with E-state index in [9.17, 15) is 0 Å². The highest BCUT2D eigenvalue weighted by atomic mass is 35.5. The standard InChI is InChI=1S/C10H9ClN4/c11-7-1-3-8(4-2-7)13-10-6-5-9(12)14-15-10/h1-6H,(H2,12,14)(H,13,15). The summed E-state index contributed by atoms with van der Waals surface area (Å²) in [6, 6.07) is 10.8. The Morgan fingerprint density at radius 2 is 1.73 bits per heavy atom. The molecular formula is C10H9ClN4. The van der Waals surface area contributed by atoms with Crippen LogP contribution in [0.15, 0.2) is 36.4 Å². The number of benzene rings is 1. The first-order chi connectivity index (χ1) is 7.24. The van der Waals surface area contributed by atoms with Gasteiger partial charge in [0.05, 0.1) is 0 Å². The van der Waals surface area contributed by atoms with Crippen LogP contribution in [0.1, 0.15) is 0 Å². The van der Waals surface area contributed by atoms with Gasteiger partial charge in [-0.2, -0.15) is 0 Å². The molecule has 5 heteroatoms. The maximum atomic E-state index is 5.76. The lowest BCUT2D eigenvalue weighted by Crippen LogP contribution is -1.97. The third kappa shape index (κ3) is 2.57. The zero-order valence-electron chi connectivity index (χ0n) is 7.81. The smallest absolute Gasteiger partial charge is 0.153 e. The fourth-order valence-corrected chi connectivity index (χ4v) is 1.22. The summed E-state index contributed by atoms with van der Waals surface area (Å²) < 4.78 is 0. The summed E-state index contributed by atoms with van der Waals surface area (Å²) in [4.78, 5) is 0. The molecule has 4 nitrogen and oxygen atoms in total. The van der Waals surface area contributed by atoms with Crippen LogP contribution in [0.25, 0.3) is 0 Å². The molecule has 0 spiro atoms. The van der Waals surface area contributed by atoms with Gasteiger partial charge >= 0.3 is 0 Å². The average molecular weight is 221 g/mol. The first-order valence-corrected chi connectivity index (χ1v) is 4.73. The van der Waals surface area contributed by atoms with Crippen LogP contribution < -0.4 is 11.1 Å². The van der Waals surface area contributed by atoms with E-state index < -0.39 is 0 Å². The van der Waals surface area contributed by atoms with Crippen molar-refractivity contribution in [3.8, 4) is 0 Å². The first-order valence-electron chi connectivity index (χ1n) is 4.36. The molecule has 0 saturated heterocycles. The zero-order valence-corrected chi connectivity index (χ0v) is 8.57. The lowest BCUT2D eigenvalue weighted by molar-refractivity contribution is 1.05. The minimum atomic E-state index is 0.400. The third-order valence-corrected chi connectivity index (χ3v) is 2.05. The van der Waals surface area contributed by atoms with Crippen LogP contribution in [0, 0.1) is 0 Å². The quantitative estimate of drug-likeness (QED) is 0.816. The van der Waals surface area contributed by atoms with Crippen molar-refractivity contribution < 1.29 is 0 Å². The van der Waals surface area contributed by atoms with Gasteiger partial charge in [0, 0.05) is 10.7 Å². The van der Waals surface area contributed by atoms with Crippen LogP contribution >= 0.6 is 11.6 Å². The molecule has 2 aromatic rings. The Morgan fingerprint density at radius 1 is 1.00 bits per heavy atom. The van der Waals surface area contributed by atoms with E-state index in [1.807, 2.05) is 12.1 Å². The van der Waals surface area contributed by atoms with Gasteiger partial charge in [0.2, 0.25) is 0 Å². The van der Waals surface area contributed by atoms with Gasteiger partial charge in [-0.25, -0.2) is 0 Å². The molecule has 0 fully saturated rings. The monoisotopic (exact) mass is 220 g/mol. The number of nitrogens with one attached hydrogen (secondary N) is 1. The molecule has 0 unspecified atom stereocenters. The normalized spacial score (nSPS) is 9.93. The molecule has 0 atom stereocenters. The summed E-state index contributed by atoms with van der Waals surface area (Å²) in [5, 5.41) is 11.4. The fraction of sp³-hybridized carbons (Fsp3) is 0. The molecule has 76 valence electrons. The van der Waals surface area contributed by atoms with Crippen LogP contribution in [0.4, 0.5) is 17.3 Å². The van der Waals surface area contributed by atoms with Crippen molar-refractivity contribution in [2.75, 3.05) is 11.1 Å². The summed E-state index contributed by atoms with van der Waals surface area (Å²) in [5.41, 5.74) is 6.32. The lowest BCUT2D eigenvalue weighted by atomic mass is 10.3. The van der Waals surface area contributed by atoms with Crippen LogP contribution in [-0.2, 0) is 0 Å². The second-order valence-corrected chi connectivity index (χ2v) is 3.41. The maximum absolute atomic E-state index is 5.76. The second-order valence-electron chi connectivity index (χ2n) is 2.98.